The van der Waals surface area contributed by atoms with Gasteiger partial charge in [0.15, 0.2) is 6.61 Å². The molecule has 0 unspecified atom stereocenters. The molecule has 6 N–H and O–H groups in total. The molecule has 3 heterocycles. The summed E-state index contributed by atoms with van der Waals surface area (Å²) in [6, 6.07) is 5.09. The number of halogens is 1. The molecular weight excluding hydrogens is 462 g/mol. The first-order valence-corrected chi connectivity index (χ1v) is 9.83. The first-order chi connectivity index (χ1) is 14.8. The van der Waals surface area contributed by atoms with Gasteiger partial charge in [-0.15, -0.1) is 23.7 Å². The minimum absolute atomic E-state index is 0. The van der Waals surface area contributed by atoms with E-state index >= 15 is 0 Å². The average Bonchev–Trinajstić information content (AvgIpc) is 3.10. The molecule has 0 saturated heterocycles. The predicted octanol–water partition coefficient (Wildman–Crippen LogP) is 1.25. The lowest BCUT2D eigenvalue weighted by Crippen LogP contribution is -2.28. The molecule has 2 aromatic heterocycles. The molecule has 2 amide bonds. The number of thiophene rings is 1. The molecule has 0 fully saturated rings. The summed E-state index contributed by atoms with van der Waals surface area (Å²) >= 11 is 0.843. The molecule has 1 aromatic carbocycles. The van der Waals surface area contributed by atoms with Gasteiger partial charge in [0.2, 0.25) is 5.82 Å². The number of fused-ring (bicyclic) bond motifs is 2. The van der Waals surface area contributed by atoms with E-state index in [1.54, 1.807) is 18.2 Å². The van der Waals surface area contributed by atoms with Crippen LogP contribution in [-0.2, 0) is 11.3 Å². The van der Waals surface area contributed by atoms with Crippen LogP contribution in [0.3, 0.4) is 0 Å². The van der Waals surface area contributed by atoms with Crippen molar-refractivity contribution >= 4 is 57.4 Å². The van der Waals surface area contributed by atoms with Gasteiger partial charge in [0.1, 0.15) is 15.5 Å². The molecule has 0 atom stereocenters. The number of nitrogens with zero attached hydrogens (tertiary/aromatic N) is 1. The number of rotatable bonds is 4. The van der Waals surface area contributed by atoms with Crippen LogP contribution in [0.5, 0.6) is 5.75 Å². The Morgan fingerprint density at radius 1 is 1.31 bits per heavy atom. The molecule has 11 nitrogen and oxygen atoms in total. The standard InChI is InChI=1S/C18H14N4O6S.CH5N.ClH/c1-7-12-15(24)21-14(22-17(12)29-13(7)18(26)27)16(25)19-5-8-2-3-10-9(4-8)20-11(23)6-28-10;1-2;/h2-4H,5-6H2,1H3,(H,19,25)(H,20,23)(H,26,27)(H,21,22,24);2H2,1H3;1H. The highest BCUT2D eigenvalue weighted by molar-refractivity contribution is 7.20. The highest BCUT2D eigenvalue weighted by Gasteiger charge is 2.21. The molecule has 0 spiro atoms. The number of aromatic nitrogens is 2. The number of hydrogen-bond acceptors (Lipinski definition) is 8. The Kier molecular flexibility index (Phi) is 7.92. The largest absolute Gasteiger partial charge is 0.482 e. The van der Waals surface area contributed by atoms with Crippen LogP contribution in [0.1, 0.15) is 31.4 Å². The van der Waals surface area contributed by atoms with Crippen LogP contribution >= 0.6 is 23.7 Å². The summed E-state index contributed by atoms with van der Waals surface area (Å²) in [4.78, 5) is 54.1. The first kappa shape index (κ1) is 24.8. The Bertz CT molecular complexity index is 1250. The van der Waals surface area contributed by atoms with Gasteiger partial charge in [-0.25, -0.2) is 9.78 Å². The van der Waals surface area contributed by atoms with Gasteiger partial charge in [0.25, 0.3) is 17.4 Å². The van der Waals surface area contributed by atoms with E-state index in [0.29, 0.717) is 22.6 Å². The topological polar surface area (TPSA) is 176 Å². The average molecular weight is 482 g/mol. The molecule has 4 rings (SSSR count). The Balaban J connectivity index is 0.00000118. The van der Waals surface area contributed by atoms with E-state index in [0.717, 1.165) is 11.3 Å². The number of nitrogens with two attached hydrogens (primary N) is 1. The van der Waals surface area contributed by atoms with Crippen LogP contribution in [0.2, 0.25) is 0 Å². The maximum atomic E-state index is 12.4. The van der Waals surface area contributed by atoms with Crippen LogP contribution in [-0.4, -0.2) is 46.5 Å². The highest BCUT2D eigenvalue weighted by atomic mass is 35.5. The van der Waals surface area contributed by atoms with Crippen LogP contribution < -0.4 is 26.7 Å². The number of hydrogen-bond donors (Lipinski definition) is 5. The summed E-state index contributed by atoms with van der Waals surface area (Å²) < 4.78 is 5.28. The number of carbonyl (C=O) groups excluding carboxylic acids is 2. The fourth-order valence-electron chi connectivity index (χ4n) is 2.96. The number of anilines is 1. The van der Waals surface area contributed by atoms with E-state index in [2.05, 4.69) is 26.3 Å². The monoisotopic (exact) mass is 481 g/mol. The number of aryl methyl sites for hydroxylation is 1. The number of carboxylic acid groups (broad SMARTS) is 1. The quantitative estimate of drug-likeness (QED) is 0.369. The number of carbonyl (C=O) groups is 3. The van der Waals surface area contributed by atoms with Crippen molar-refractivity contribution in [2.45, 2.75) is 13.5 Å². The minimum Gasteiger partial charge on any atom is -0.482 e. The second kappa shape index (κ2) is 10.2. The van der Waals surface area contributed by atoms with Gasteiger partial charge in [-0.05, 0) is 37.2 Å². The smallest absolute Gasteiger partial charge is 0.346 e. The molecule has 13 heteroatoms. The second-order valence-corrected chi connectivity index (χ2v) is 7.31. The van der Waals surface area contributed by atoms with Crippen molar-refractivity contribution in [1.82, 2.24) is 15.3 Å². The van der Waals surface area contributed by atoms with E-state index in [-0.39, 0.29) is 52.4 Å². The van der Waals surface area contributed by atoms with Crippen molar-refractivity contribution in [3.05, 3.63) is 50.4 Å². The van der Waals surface area contributed by atoms with E-state index < -0.39 is 17.4 Å². The van der Waals surface area contributed by atoms with E-state index in [1.807, 2.05) is 0 Å². The van der Waals surface area contributed by atoms with Crippen LogP contribution in [0.25, 0.3) is 10.2 Å². The van der Waals surface area contributed by atoms with Gasteiger partial charge < -0.3 is 31.2 Å². The molecule has 3 aromatic rings. The SMILES string of the molecule is CN.Cc1c(C(=O)O)sc2nc(C(=O)NCc3ccc4c(c3)NC(=O)CO4)[nH]c(=O)c12.Cl. The molecule has 0 saturated carbocycles. The zero-order valence-corrected chi connectivity index (χ0v) is 18.6. The van der Waals surface area contributed by atoms with Gasteiger partial charge in [-0.1, -0.05) is 6.07 Å². The fourth-order valence-corrected chi connectivity index (χ4v) is 3.98. The predicted molar refractivity (Wildman–Crippen MR) is 121 cm³/mol. The van der Waals surface area contributed by atoms with Crippen molar-refractivity contribution in [3.8, 4) is 5.75 Å². The fraction of sp³-hybridized carbons (Fsp3) is 0.211. The van der Waals surface area contributed by atoms with Crippen molar-refractivity contribution in [2.24, 2.45) is 5.73 Å². The van der Waals surface area contributed by atoms with E-state index in [1.165, 1.54) is 14.0 Å². The van der Waals surface area contributed by atoms with Crippen molar-refractivity contribution in [2.75, 3.05) is 19.0 Å². The normalized spacial score (nSPS) is 11.8. The van der Waals surface area contributed by atoms with E-state index in [9.17, 15) is 24.3 Å². The van der Waals surface area contributed by atoms with Crippen molar-refractivity contribution < 1.29 is 24.2 Å². The first-order valence-electron chi connectivity index (χ1n) is 9.01. The second-order valence-electron chi connectivity index (χ2n) is 6.31. The van der Waals surface area contributed by atoms with Gasteiger partial charge in [0.05, 0.1) is 11.1 Å². The van der Waals surface area contributed by atoms with Crippen LogP contribution in [0.4, 0.5) is 5.69 Å². The number of ether oxygens (including phenoxy) is 1. The molecule has 0 radical (unpaired) electrons. The minimum atomic E-state index is -1.15. The Hall–Kier alpha value is -3.48. The number of nitrogens with one attached hydrogen (secondary N) is 3. The molecule has 0 bridgehead atoms. The lowest BCUT2D eigenvalue weighted by molar-refractivity contribution is -0.118. The maximum absolute atomic E-state index is 12.4. The molecule has 1 aliphatic rings. The summed E-state index contributed by atoms with van der Waals surface area (Å²) in [6.07, 6.45) is 0. The molecule has 0 aliphatic carbocycles. The highest BCUT2D eigenvalue weighted by Crippen LogP contribution is 2.29. The number of aromatic carboxylic acids is 1. The summed E-state index contributed by atoms with van der Waals surface area (Å²) in [6.45, 7) is 1.60. The number of amides is 2. The zero-order chi connectivity index (χ0) is 22.7. The zero-order valence-electron chi connectivity index (χ0n) is 17.0. The number of aromatic amines is 1. The lowest BCUT2D eigenvalue weighted by atomic mass is 10.1. The lowest BCUT2D eigenvalue weighted by Gasteiger charge is -2.18. The summed E-state index contributed by atoms with van der Waals surface area (Å²) in [7, 11) is 1.50. The number of carboxylic acids is 1. The van der Waals surface area contributed by atoms with Crippen molar-refractivity contribution in [1.29, 1.82) is 0 Å². The Labute approximate surface area is 191 Å². The number of H-pyrrole nitrogens is 1. The molecule has 170 valence electrons. The Morgan fingerprint density at radius 3 is 2.72 bits per heavy atom. The van der Waals surface area contributed by atoms with Gasteiger partial charge in [-0.3, -0.25) is 14.4 Å². The summed E-state index contributed by atoms with van der Waals surface area (Å²) in [5, 5.41) is 14.7. The third kappa shape index (κ3) is 4.88. The third-order valence-electron chi connectivity index (χ3n) is 4.34. The molecule has 32 heavy (non-hydrogen) atoms. The maximum Gasteiger partial charge on any atom is 0.346 e. The Morgan fingerprint density at radius 2 is 2.03 bits per heavy atom. The molecule has 1 aliphatic heterocycles. The van der Waals surface area contributed by atoms with Crippen LogP contribution in [0.15, 0.2) is 23.0 Å². The molecular formula is C19H20ClN5O6S. The van der Waals surface area contributed by atoms with Crippen LogP contribution in [0, 0.1) is 6.92 Å². The summed E-state index contributed by atoms with van der Waals surface area (Å²) in [5.74, 6) is -1.71. The van der Waals surface area contributed by atoms with Gasteiger partial charge >= 0.3 is 5.97 Å². The number of benzene rings is 1. The van der Waals surface area contributed by atoms with E-state index in [4.69, 9.17) is 4.74 Å². The van der Waals surface area contributed by atoms with Gasteiger partial charge in [0, 0.05) is 6.54 Å². The third-order valence-corrected chi connectivity index (χ3v) is 5.51. The van der Waals surface area contributed by atoms with Crippen molar-refractivity contribution in [3.63, 3.8) is 0 Å². The van der Waals surface area contributed by atoms with Gasteiger partial charge in [-0.2, -0.15) is 0 Å². The summed E-state index contributed by atoms with van der Waals surface area (Å²) in [5.41, 5.74) is 5.45.